The van der Waals surface area contributed by atoms with Crippen molar-refractivity contribution < 1.29 is 0 Å². The maximum Gasteiger partial charge on any atom is 0.100 e. The molecular formula is C14H8N2S. The van der Waals surface area contributed by atoms with Gasteiger partial charge in [-0.1, -0.05) is 24.3 Å². The summed E-state index contributed by atoms with van der Waals surface area (Å²) in [6, 6.07) is 12.2. The maximum atomic E-state index is 8.85. The van der Waals surface area contributed by atoms with Crippen LogP contribution >= 0.6 is 11.3 Å². The molecule has 3 aromatic rings. The molecule has 0 aliphatic rings. The molecule has 80 valence electrons. The van der Waals surface area contributed by atoms with Gasteiger partial charge in [0.15, 0.2) is 0 Å². The van der Waals surface area contributed by atoms with Gasteiger partial charge in [-0.15, -0.1) is 11.3 Å². The summed E-state index contributed by atoms with van der Waals surface area (Å²) >= 11 is 1.58. The Labute approximate surface area is 103 Å². The molecule has 0 bridgehead atoms. The van der Waals surface area contributed by atoms with Gasteiger partial charge in [0.2, 0.25) is 0 Å². The minimum atomic E-state index is 0.706. The summed E-state index contributed by atoms with van der Waals surface area (Å²) in [5.41, 5.74) is 1.80. The van der Waals surface area contributed by atoms with Crippen LogP contribution in [0.5, 0.6) is 0 Å². The SMILES string of the molecule is N#Cc1csc(-c2cncc3ccccc23)c1. The Hall–Kier alpha value is -2.18. The van der Waals surface area contributed by atoms with Gasteiger partial charge in [0.1, 0.15) is 6.07 Å². The van der Waals surface area contributed by atoms with E-state index in [4.69, 9.17) is 5.26 Å². The molecule has 1 aromatic carbocycles. The number of hydrogen-bond donors (Lipinski definition) is 0. The number of nitriles is 1. The number of aromatic nitrogens is 1. The van der Waals surface area contributed by atoms with Crippen molar-refractivity contribution in [1.29, 1.82) is 5.26 Å². The molecule has 3 heteroatoms. The van der Waals surface area contributed by atoms with Gasteiger partial charge in [0.05, 0.1) is 5.56 Å². The first kappa shape index (κ1) is 10.0. The van der Waals surface area contributed by atoms with Crippen LogP contribution in [0, 0.1) is 11.3 Å². The Morgan fingerprint density at radius 2 is 2.06 bits per heavy atom. The highest BCUT2D eigenvalue weighted by atomic mass is 32.1. The van der Waals surface area contributed by atoms with E-state index in [1.807, 2.05) is 42.0 Å². The molecule has 0 unspecified atom stereocenters. The smallest absolute Gasteiger partial charge is 0.100 e. The topological polar surface area (TPSA) is 36.7 Å². The molecule has 0 N–H and O–H groups in total. The van der Waals surface area contributed by atoms with Crippen LogP contribution in [0.4, 0.5) is 0 Å². The van der Waals surface area contributed by atoms with Crippen LogP contribution in [0.25, 0.3) is 21.2 Å². The molecule has 2 aromatic heterocycles. The summed E-state index contributed by atoms with van der Waals surface area (Å²) < 4.78 is 0. The van der Waals surface area contributed by atoms with Gasteiger partial charge >= 0.3 is 0 Å². The number of thiophene rings is 1. The minimum Gasteiger partial charge on any atom is -0.263 e. The monoisotopic (exact) mass is 236 g/mol. The fourth-order valence-electron chi connectivity index (χ4n) is 1.85. The number of fused-ring (bicyclic) bond motifs is 1. The zero-order valence-corrected chi connectivity index (χ0v) is 9.74. The van der Waals surface area contributed by atoms with Crippen LogP contribution in [0.15, 0.2) is 48.1 Å². The second-order valence-electron chi connectivity index (χ2n) is 3.72. The van der Waals surface area contributed by atoms with Gasteiger partial charge in [0, 0.05) is 33.6 Å². The lowest BCUT2D eigenvalue weighted by Crippen LogP contribution is -1.80. The van der Waals surface area contributed by atoms with Crippen LogP contribution < -0.4 is 0 Å². The van der Waals surface area contributed by atoms with E-state index in [0.29, 0.717) is 5.56 Å². The first-order chi connectivity index (χ1) is 8.38. The summed E-state index contributed by atoms with van der Waals surface area (Å²) in [5, 5.41) is 13.0. The van der Waals surface area contributed by atoms with E-state index in [1.54, 1.807) is 11.3 Å². The molecule has 2 heterocycles. The third-order valence-corrected chi connectivity index (χ3v) is 3.63. The van der Waals surface area contributed by atoms with Crippen LogP contribution in [0.3, 0.4) is 0 Å². The minimum absolute atomic E-state index is 0.706. The molecule has 0 spiro atoms. The summed E-state index contributed by atoms with van der Waals surface area (Å²) in [5.74, 6) is 0. The summed E-state index contributed by atoms with van der Waals surface area (Å²) in [6.07, 6.45) is 3.72. The number of benzene rings is 1. The Morgan fingerprint density at radius 3 is 2.88 bits per heavy atom. The van der Waals surface area contributed by atoms with Crippen LogP contribution in [-0.4, -0.2) is 4.98 Å². The van der Waals surface area contributed by atoms with Crippen LogP contribution in [0.1, 0.15) is 5.56 Å². The zero-order valence-electron chi connectivity index (χ0n) is 8.92. The van der Waals surface area contributed by atoms with Crippen molar-refractivity contribution in [2.24, 2.45) is 0 Å². The molecule has 0 radical (unpaired) electrons. The highest BCUT2D eigenvalue weighted by Gasteiger charge is 2.06. The van der Waals surface area contributed by atoms with Crippen molar-refractivity contribution >= 4 is 22.1 Å². The number of nitrogens with zero attached hydrogens (tertiary/aromatic N) is 2. The fourth-order valence-corrected chi connectivity index (χ4v) is 2.71. The number of hydrogen-bond acceptors (Lipinski definition) is 3. The van der Waals surface area contributed by atoms with Crippen molar-refractivity contribution in [3.63, 3.8) is 0 Å². The molecule has 0 amide bonds. The second kappa shape index (κ2) is 4.00. The first-order valence-corrected chi connectivity index (χ1v) is 6.08. The van der Waals surface area contributed by atoms with Gasteiger partial charge in [-0.25, -0.2) is 0 Å². The van der Waals surface area contributed by atoms with Crippen molar-refractivity contribution in [2.75, 3.05) is 0 Å². The lowest BCUT2D eigenvalue weighted by atomic mass is 10.1. The number of rotatable bonds is 1. The predicted octanol–water partition coefficient (Wildman–Crippen LogP) is 3.83. The third kappa shape index (κ3) is 1.69. The predicted molar refractivity (Wildman–Crippen MR) is 69.8 cm³/mol. The Morgan fingerprint density at radius 1 is 1.18 bits per heavy atom. The van der Waals surface area contributed by atoms with Gasteiger partial charge in [-0.3, -0.25) is 4.98 Å². The van der Waals surface area contributed by atoms with Crippen LogP contribution in [0.2, 0.25) is 0 Å². The zero-order chi connectivity index (χ0) is 11.7. The molecule has 0 aliphatic carbocycles. The summed E-state index contributed by atoms with van der Waals surface area (Å²) in [6.45, 7) is 0. The van der Waals surface area contributed by atoms with E-state index in [-0.39, 0.29) is 0 Å². The van der Waals surface area contributed by atoms with Gasteiger partial charge in [0.25, 0.3) is 0 Å². The molecule has 0 saturated heterocycles. The van der Waals surface area contributed by atoms with E-state index in [1.165, 1.54) is 5.39 Å². The Bertz CT molecular complexity index is 717. The molecule has 0 fully saturated rings. The highest BCUT2D eigenvalue weighted by Crippen LogP contribution is 2.32. The largest absolute Gasteiger partial charge is 0.263 e. The average molecular weight is 236 g/mol. The lowest BCUT2D eigenvalue weighted by molar-refractivity contribution is 1.37. The Balaban J connectivity index is 2.27. The highest BCUT2D eigenvalue weighted by molar-refractivity contribution is 7.13. The fraction of sp³-hybridized carbons (Fsp3) is 0. The molecule has 17 heavy (non-hydrogen) atoms. The standard InChI is InChI=1S/C14H8N2S/c15-6-10-5-14(17-9-10)13-8-16-7-11-3-1-2-4-12(11)13/h1-5,7-9H. The normalized spacial score (nSPS) is 10.3. The molecule has 0 aliphatic heterocycles. The lowest BCUT2D eigenvalue weighted by Gasteiger charge is -2.02. The molecular weight excluding hydrogens is 228 g/mol. The van der Waals surface area contributed by atoms with E-state index in [9.17, 15) is 0 Å². The third-order valence-electron chi connectivity index (χ3n) is 2.66. The maximum absolute atomic E-state index is 8.85. The molecule has 3 rings (SSSR count). The van der Waals surface area contributed by atoms with E-state index < -0.39 is 0 Å². The van der Waals surface area contributed by atoms with Gasteiger partial charge in [-0.05, 0) is 11.5 Å². The molecule has 0 saturated carbocycles. The molecule has 0 atom stereocenters. The average Bonchev–Trinajstić information content (AvgIpc) is 2.87. The van der Waals surface area contributed by atoms with Gasteiger partial charge in [-0.2, -0.15) is 5.26 Å². The van der Waals surface area contributed by atoms with E-state index >= 15 is 0 Å². The second-order valence-corrected chi connectivity index (χ2v) is 4.63. The van der Waals surface area contributed by atoms with Crippen molar-refractivity contribution in [1.82, 2.24) is 4.98 Å². The van der Waals surface area contributed by atoms with Crippen molar-refractivity contribution in [3.8, 4) is 16.5 Å². The van der Waals surface area contributed by atoms with Gasteiger partial charge < -0.3 is 0 Å². The first-order valence-electron chi connectivity index (χ1n) is 5.20. The number of pyridine rings is 1. The Kier molecular flexibility index (Phi) is 2.36. The van der Waals surface area contributed by atoms with Crippen molar-refractivity contribution in [3.05, 3.63) is 53.7 Å². The van der Waals surface area contributed by atoms with E-state index in [2.05, 4.69) is 17.1 Å². The van der Waals surface area contributed by atoms with Crippen LogP contribution in [-0.2, 0) is 0 Å². The van der Waals surface area contributed by atoms with Crippen molar-refractivity contribution in [2.45, 2.75) is 0 Å². The summed E-state index contributed by atoms with van der Waals surface area (Å²) in [4.78, 5) is 5.34. The quantitative estimate of drug-likeness (QED) is 0.643. The molecule has 2 nitrogen and oxygen atoms in total. The summed E-state index contributed by atoms with van der Waals surface area (Å²) in [7, 11) is 0. The van der Waals surface area contributed by atoms with E-state index in [0.717, 1.165) is 15.8 Å².